The van der Waals surface area contributed by atoms with Crippen LogP contribution in [0.5, 0.6) is 0 Å². The maximum Gasteiger partial charge on any atom is 0.0406 e. The third kappa shape index (κ3) is 3.43. The van der Waals surface area contributed by atoms with Crippen molar-refractivity contribution in [3.8, 4) is 0 Å². The number of halogens is 1. The van der Waals surface area contributed by atoms with E-state index in [1.807, 2.05) is 23.9 Å². The highest BCUT2D eigenvalue weighted by Gasteiger charge is 2.36. The molecule has 0 bridgehead atoms. The normalized spacial score (nSPS) is 27.1. The van der Waals surface area contributed by atoms with Crippen LogP contribution in [0.4, 0.5) is 0 Å². The molecule has 1 aromatic carbocycles. The number of hydrogen-bond acceptors (Lipinski definition) is 2. The molecule has 2 unspecified atom stereocenters. The zero-order valence-corrected chi connectivity index (χ0v) is 12.7. The van der Waals surface area contributed by atoms with Gasteiger partial charge in [0.25, 0.3) is 0 Å². The Balaban J connectivity index is 1.91. The molecular formula is C15H22ClNS. The monoisotopic (exact) mass is 283 g/mol. The zero-order chi connectivity index (χ0) is 13.2. The van der Waals surface area contributed by atoms with Crippen molar-refractivity contribution in [3.63, 3.8) is 0 Å². The minimum absolute atomic E-state index is 0.288. The summed E-state index contributed by atoms with van der Waals surface area (Å²) < 4.78 is 0. The molecule has 1 fully saturated rings. The highest BCUT2D eigenvalue weighted by Crippen LogP contribution is 2.40. The van der Waals surface area contributed by atoms with Crippen molar-refractivity contribution in [1.29, 1.82) is 0 Å². The second-order valence-electron chi connectivity index (χ2n) is 5.88. The summed E-state index contributed by atoms with van der Waals surface area (Å²) in [5.74, 6) is 1.03. The SMILES string of the molecule is CC1(C)CCCC(SCc2ccc(Cl)cc2)C1N. The molecule has 1 saturated carbocycles. The lowest BCUT2D eigenvalue weighted by atomic mass is 9.73. The summed E-state index contributed by atoms with van der Waals surface area (Å²) in [6, 6.07) is 8.44. The molecule has 0 saturated heterocycles. The molecular weight excluding hydrogens is 262 g/mol. The summed E-state index contributed by atoms with van der Waals surface area (Å²) in [4.78, 5) is 0. The Morgan fingerprint density at radius 1 is 1.33 bits per heavy atom. The smallest absolute Gasteiger partial charge is 0.0406 e. The molecule has 18 heavy (non-hydrogen) atoms. The second kappa shape index (κ2) is 5.85. The molecule has 0 radical (unpaired) electrons. The molecule has 0 spiro atoms. The van der Waals surface area contributed by atoms with E-state index in [2.05, 4.69) is 26.0 Å². The topological polar surface area (TPSA) is 26.0 Å². The molecule has 1 aliphatic rings. The van der Waals surface area contributed by atoms with E-state index in [1.165, 1.54) is 24.8 Å². The van der Waals surface area contributed by atoms with E-state index in [9.17, 15) is 0 Å². The van der Waals surface area contributed by atoms with Gasteiger partial charge in [0.15, 0.2) is 0 Å². The van der Waals surface area contributed by atoms with Gasteiger partial charge in [-0.2, -0.15) is 11.8 Å². The fraction of sp³-hybridized carbons (Fsp3) is 0.600. The first-order valence-corrected chi connectivity index (χ1v) is 8.03. The third-order valence-electron chi connectivity index (χ3n) is 3.99. The molecule has 0 aliphatic heterocycles. The van der Waals surface area contributed by atoms with Crippen LogP contribution in [-0.2, 0) is 5.75 Å². The molecule has 1 nitrogen and oxygen atoms in total. The quantitative estimate of drug-likeness (QED) is 0.885. The Morgan fingerprint density at radius 3 is 2.67 bits per heavy atom. The van der Waals surface area contributed by atoms with E-state index >= 15 is 0 Å². The van der Waals surface area contributed by atoms with Gasteiger partial charge in [0.1, 0.15) is 0 Å². The second-order valence-corrected chi connectivity index (χ2v) is 7.55. The Kier molecular flexibility index (Phi) is 4.63. The minimum Gasteiger partial charge on any atom is -0.326 e. The van der Waals surface area contributed by atoms with E-state index in [0.717, 1.165) is 10.8 Å². The van der Waals surface area contributed by atoms with Crippen LogP contribution in [0.3, 0.4) is 0 Å². The molecule has 0 aromatic heterocycles. The van der Waals surface area contributed by atoms with Crippen LogP contribution in [0.2, 0.25) is 5.02 Å². The molecule has 2 N–H and O–H groups in total. The lowest BCUT2D eigenvalue weighted by Crippen LogP contribution is -2.48. The van der Waals surface area contributed by atoms with E-state index in [-0.39, 0.29) is 5.41 Å². The van der Waals surface area contributed by atoms with Crippen molar-refractivity contribution in [3.05, 3.63) is 34.9 Å². The predicted octanol–water partition coefficient (Wildman–Crippen LogP) is 4.48. The Bertz CT molecular complexity index is 388. The number of nitrogens with two attached hydrogens (primary N) is 1. The molecule has 0 heterocycles. The number of thioether (sulfide) groups is 1. The average Bonchev–Trinajstić information content (AvgIpc) is 2.33. The lowest BCUT2D eigenvalue weighted by Gasteiger charge is -2.41. The van der Waals surface area contributed by atoms with E-state index in [1.54, 1.807) is 0 Å². The molecule has 1 aromatic rings. The molecule has 2 rings (SSSR count). The lowest BCUT2D eigenvalue weighted by molar-refractivity contribution is 0.208. The number of rotatable bonds is 3. The van der Waals surface area contributed by atoms with Crippen molar-refractivity contribution in [1.82, 2.24) is 0 Å². The Labute approximate surface area is 119 Å². The van der Waals surface area contributed by atoms with Crippen LogP contribution in [-0.4, -0.2) is 11.3 Å². The van der Waals surface area contributed by atoms with Crippen LogP contribution in [0.1, 0.15) is 38.7 Å². The highest BCUT2D eigenvalue weighted by atomic mass is 35.5. The van der Waals surface area contributed by atoms with E-state index in [0.29, 0.717) is 11.3 Å². The summed E-state index contributed by atoms with van der Waals surface area (Å²) >= 11 is 7.89. The summed E-state index contributed by atoms with van der Waals surface area (Å²) in [5.41, 5.74) is 8.02. The van der Waals surface area contributed by atoms with Crippen molar-refractivity contribution < 1.29 is 0 Å². The van der Waals surface area contributed by atoms with Crippen molar-refractivity contribution >= 4 is 23.4 Å². The van der Waals surface area contributed by atoms with Crippen molar-refractivity contribution in [2.75, 3.05) is 0 Å². The fourth-order valence-electron chi connectivity index (χ4n) is 2.58. The van der Waals surface area contributed by atoms with Gasteiger partial charge in [-0.25, -0.2) is 0 Å². The first kappa shape index (κ1) is 14.2. The summed E-state index contributed by atoms with van der Waals surface area (Å²) in [7, 11) is 0. The van der Waals surface area contributed by atoms with Gasteiger partial charge in [0.2, 0.25) is 0 Å². The van der Waals surface area contributed by atoms with Gasteiger partial charge >= 0.3 is 0 Å². The van der Waals surface area contributed by atoms with Crippen LogP contribution < -0.4 is 5.73 Å². The molecule has 3 heteroatoms. The fourth-order valence-corrected chi connectivity index (χ4v) is 4.21. The van der Waals surface area contributed by atoms with Crippen molar-refractivity contribution in [2.45, 2.75) is 50.2 Å². The summed E-state index contributed by atoms with van der Waals surface area (Å²) in [6.45, 7) is 4.60. The third-order valence-corrected chi connectivity index (χ3v) is 5.70. The van der Waals surface area contributed by atoms with E-state index < -0.39 is 0 Å². The molecule has 100 valence electrons. The zero-order valence-electron chi connectivity index (χ0n) is 11.2. The van der Waals surface area contributed by atoms with Gasteiger partial charge in [-0.05, 0) is 36.0 Å². The largest absolute Gasteiger partial charge is 0.326 e. The van der Waals surface area contributed by atoms with Crippen molar-refractivity contribution in [2.24, 2.45) is 11.1 Å². The van der Waals surface area contributed by atoms with Crippen LogP contribution in [0.15, 0.2) is 24.3 Å². The summed E-state index contributed by atoms with van der Waals surface area (Å²) in [6.07, 6.45) is 3.81. The van der Waals surface area contributed by atoms with Gasteiger partial charge in [0.05, 0.1) is 0 Å². The van der Waals surface area contributed by atoms with Gasteiger partial charge in [-0.1, -0.05) is 44.0 Å². The number of hydrogen-bond donors (Lipinski definition) is 1. The highest BCUT2D eigenvalue weighted by molar-refractivity contribution is 7.99. The molecule has 0 amide bonds. The summed E-state index contributed by atoms with van der Waals surface area (Å²) in [5, 5.41) is 1.39. The van der Waals surface area contributed by atoms with Crippen LogP contribution in [0.25, 0.3) is 0 Å². The molecule has 1 aliphatic carbocycles. The number of benzene rings is 1. The Morgan fingerprint density at radius 2 is 2.00 bits per heavy atom. The Hall–Kier alpha value is -0.180. The first-order valence-electron chi connectivity index (χ1n) is 6.61. The van der Waals surface area contributed by atoms with Gasteiger partial charge in [-0.3, -0.25) is 0 Å². The van der Waals surface area contributed by atoms with Gasteiger partial charge in [0, 0.05) is 22.1 Å². The molecule has 2 atom stereocenters. The standard InChI is InChI=1S/C15H22ClNS/c1-15(2)9-3-4-13(14(15)17)18-10-11-5-7-12(16)8-6-11/h5-8,13-14H,3-4,9-10,17H2,1-2H3. The first-order chi connectivity index (χ1) is 8.49. The average molecular weight is 284 g/mol. The minimum atomic E-state index is 0.288. The van der Waals surface area contributed by atoms with Gasteiger partial charge in [-0.15, -0.1) is 0 Å². The maximum atomic E-state index is 6.40. The van der Waals surface area contributed by atoms with Crippen LogP contribution >= 0.6 is 23.4 Å². The van der Waals surface area contributed by atoms with E-state index in [4.69, 9.17) is 17.3 Å². The van der Waals surface area contributed by atoms with Crippen LogP contribution in [0, 0.1) is 5.41 Å². The van der Waals surface area contributed by atoms with Gasteiger partial charge < -0.3 is 5.73 Å². The predicted molar refractivity (Wildman–Crippen MR) is 82.1 cm³/mol. The maximum absolute atomic E-state index is 6.40.